The molecule has 0 atom stereocenters. The standard InChI is InChI=1S/C14H16N2O2/c1-9-10(2)14(18)16(13(9)17)8-7-11-3-5-12(15)6-4-11/h3-6H,7-8,15H2,1-2H3. The Morgan fingerprint density at radius 3 is 2.00 bits per heavy atom. The zero-order valence-corrected chi connectivity index (χ0v) is 10.6. The molecule has 1 aliphatic heterocycles. The lowest BCUT2D eigenvalue weighted by Crippen LogP contribution is -2.33. The number of hydrogen-bond acceptors (Lipinski definition) is 3. The number of hydrogen-bond donors (Lipinski definition) is 1. The van der Waals surface area contributed by atoms with Gasteiger partial charge in [0.15, 0.2) is 0 Å². The number of carbonyl (C=O) groups is 2. The van der Waals surface area contributed by atoms with Crippen LogP contribution < -0.4 is 5.73 Å². The Balaban J connectivity index is 2.02. The van der Waals surface area contributed by atoms with E-state index in [9.17, 15) is 9.59 Å². The molecule has 0 radical (unpaired) electrons. The third-order valence-electron chi connectivity index (χ3n) is 3.30. The van der Waals surface area contributed by atoms with Crippen molar-refractivity contribution in [1.29, 1.82) is 0 Å². The van der Waals surface area contributed by atoms with Crippen molar-refractivity contribution < 1.29 is 9.59 Å². The Hall–Kier alpha value is -2.10. The molecule has 1 aromatic carbocycles. The van der Waals surface area contributed by atoms with Gasteiger partial charge in [0.1, 0.15) is 0 Å². The van der Waals surface area contributed by atoms with Crippen LogP contribution in [0.4, 0.5) is 5.69 Å². The molecule has 0 saturated heterocycles. The van der Waals surface area contributed by atoms with Gasteiger partial charge in [-0.15, -0.1) is 0 Å². The number of rotatable bonds is 3. The second-order valence-electron chi connectivity index (χ2n) is 4.50. The van der Waals surface area contributed by atoms with Crippen molar-refractivity contribution in [2.75, 3.05) is 12.3 Å². The van der Waals surface area contributed by atoms with Gasteiger partial charge in [0, 0.05) is 23.4 Å². The van der Waals surface area contributed by atoms with E-state index >= 15 is 0 Å². The number of nitrogens with two attached hydrogens (primary N) is 1. The van der Waals surface area contributed by atoms with E-state index in [1.165, 1.54) is 4.90 Å². The van der Waals surface area contributed by atoms with Crippen LogP contribution in [0.25, 0.3) is 0 Å². The van der Waals surface area contributed by atoms with Gasteiger partial charge >= 0.3 is 0 Å². The molecule has 18 heavy (non-hydrogen) atoms. The molecule has 0 spiro atoms. The van der Waals surface area contributed by atoms with Gasteiger partial charge in [0.05, 0.1) is 0 Å². The smallest absolute Gasteiger partial charge is 0.256 e. The van der Waals surface area contributed by atoms with E-state index < -0.39 is 0 Å². The molecule has 4 nitrogen and oxygen atoms in total. The first-order valence-electron chi connectivity index (χ1n) is 5.89. The fourth-order valence-electron chi connectivity index (χ4n) is 1.95. The predicted molar refractivity (Wildman–Crippen MR) is 69.7 cm³/mol. The quantitative estimate of drug-likeness (QED) is 0.647. The SMILES string of the molecule is CC1=C(C)C(=O)N(CCc2ccc(N)cc2)C1=O. The molecule has 0 aromatic heterocycles. The van der Waals surface area contributed by atoms with Gasteiger partial charge in [0.2, 0.25) is 0 Å². The summed E-state index contributed by atoms with van der Waals surface area (Å²) in [4.78, 5) is 25.0. The first-order valence-corrected chi connectivity index (χ1v) is 5.89. The first kappa shape index (κ1) is 12.4. The van der Waals surface area contributed by atoms with Crippen LogP contribution in [0, 0.1) is 0 Å². The van der Waals surface area contributed by atoms with E-state index in [2.05, 4.69) is 0 Å². The molecule has 94 valence electrons. The fourth-order valence-corrected chi connectivity index (χ4v) is 1.95. The highest BCUT2D eigenvalue weighted by molar-refractivity contribution is 6.18. The molecule has 2 N–H and O–H groups in total. The number of imide groups is 1. The monoisotopic (exact) mass is 244 g/mol. The number of carbonyl (C=O) groups excluding carboxylic acids is 2. The van der Waals surface area contributed by atoms with Gasteiger partial charge in [-0.1, -0.05) is 12.1 Å². The van der Waals surface area contributed by atoms with Crippen molar-refractivity contribution in [2.24, 2.45) is 0 Å². The molecule has 0 aliphatic carbocycles. The van der Waals surface area contributed by atoms with Crippen molar-refractivity contribution in [3.63, 3.8) is 0 Å². The average molecular weight is 244 g/mol. The highest BCUT2D eigenvalue weighted by Gasteiger charge is 2.32. The minimum atomic E-state index is -0.173. The summed E-state index contributed by atoms with van der Waals surface area (Å²) < 4.78 is 0. The Bertz CT molecular complexity index is 505. The molecule has 1 aromatic rings. The minimum absolute atomic E-state index is 0.173. The molecule has 0 unspecified atom stereocenters. The number of nitrogen functional groups attached to an aromatic ring is 1. The molecule has 1 aliphatic rings. The second-order valence-corrected chi connectivity index (χ2v) is 4.50. The lowest BCUT2D eigenvalue weighted by atomic mass is 10.1. The zero-order valence-electron chi connectivity index (χ0n) is 10.6. The van der Waals surface area contributed by atoms with E-state index in [0.717, 1.165) is 5.56 Å². The van der Waals surface area contributed by atoms with Crippen LogP contribution in [0.5, 0.6) is 0 Å². The van der Waals surface area contributed by atoms with Crippen LogP contribution >= 0.6 is 0 Å². The maximum atomic E-state index is 11.8. The summed E-state index contributed by atoms with van der Waals surface area (Å²) in [6.45, 7) is 3.80. The van der Waals surface area contributed by atoms with E-state index in [-0.39, 0.29) is 11.8 Å². The lowest BCUT2D eigenvalue weighted by Gasteiger charge is -2.14. The van der Waals surface area contributed by atoms with Crippen molar-refractivity contribution in [2.45, 2.75) is 20.3 Å². The highest BCUT2D eigenvalue weighted by Crippen LogP contribution is 2.20. The highest BCUT2D eigenvalue weighted by atomic mass is 16.2. The summed E-state index contributed by atoms with van der Waals surface area (Å²) in [7, 11) is 0. The Morgan fingerprint density at radius 2 is 1.50 bits per heavy atom. The molecular weight excluding hydrogens is 228 g/mol. The van der Waals surface area contributed by atoms with Gasteiger partial charge in [-0.25, -0.2) is 0 Å². The Morgan fingerprint density at radius 1 is 1.00 bits per heavy atom. The van der Waals surface area contributed by atoms with E-state index in [0.29, 0.717) is 29.8 Å². The molecule has 0 fully saturated rings. The predicted octanol–water partition coefficient (Wildman–Crippen LogP) is 1.52. The van der Waals surface area contributed by atoms with Crippen molar-refractivity contribution in [3.05, 3.63) is 41.0 Å². The summed E-state index contributed by atoms with van der Waals surface area (Å²) in [5.41, 5.74) is 8.48. The average Bonchev–Trinajstić information content (AvgIpc) is 2.54. The summed E-state index contributed by atoms with van der Waals surface area (Å²) in [5, 5.41) is 0. The summed E-state index contributed by atoms with van der Waals surface area (Å²) in [6.07, 6.45) is 0.651. The molecule has 2 amide bonds. The lowest BCUT2D eigenvalue weighted by molar-refractivity contribution is -0.137. The summed E-state index contributed by atoms with van der Waals surface area (Å²) in [5.74, 6) is -0.346. The topological polar surface area (TPSA) is 63.4 Å². The van der Waals surface area contributed by atoms with Gasteiger partial charge in [-0.2, -0.15) is 0 Å². The molecule has 0 saturated carbocycles. The third kappa shape index (κ3) is 2.14. The van der Waals surface area contributed by atoms with E-state index in [1.807, 2.05) is 24.3 Å². The number of anilines is 1. The van der Waals surface area contributed by atoms with Crippen LogP contribution in [0.2, 0.25) is 0 Å². The Kier molecular flexibility index (Phi) is 3.19. The second kappa shape index (κ2) is 4.64. The van der Waals surface area contributed by atoms with E-state index in [1.54, 1.807) is 13.8 Å². The maximum Gasteiger partial charge on any atom is 0.256 e. The van der Waals surface area contributed by atoms with Gasteiger partial charge in [0.25, 0.3) is 11.8 Å². The first-order chi connectivity index (χ1) is 8.50. The normalized spacial score (nSPS) is 15.8. The minimum Gasteiger partial charge on any atom is -0.399 e. The van der Waals surface area contributed by atoms with Crippen molar-refractivity contribution in [3.8, 4) is 0 Å². The van der Waals surface area contributed by atoms with Crippen LogP contribution in [0.1, 0.15) is 19.4 Å². The van der Waals surface area contributed by atoms with Crippen LogP contribution in [0.3, 0.4) is 0 Å². The Labute approximate surface area is 106 Å². The fraction of sp³-hybridized carbons (Fsp3) is 0.286. The number of benzene rings is 1. The van der Waals surface area contributed by atoms with Crippen LogP contribution in [-0.4, -0.2) is 23.3 Å². The van der Waals surface area contributed by atoms with Crippen molar-refractivity contribution in [1.82, 2.24) is 4.90 Å². The molecule has 4 heteroatoms. The zero-order chi connectivity index (χ0) is 13.3. The van der Waals surface area contributed by atoms with Gasteiger partial charge in [-0.05, 0) is 38.0 Å². The molecule has 0 bridgehead atoms. The molecule has 2 rings (SSSR count). The van der Waals surface area contributed by atoms with E-state index in [4.69, 9.17) is 5.73 Å². The number of nitrogens with zero attached hydrogens (tertiary/aromatic N) is 1. The van der Waals surface area contributed by atoms with Gasteiger partial charge in [-0.3, -0.25) is 14.5 Å². The maximum absolute atomic E-state index is 11.8. The molecular formula is C14H16N2O2. The molecule has 1 heterocycles. The largest absolute Gasteiger partial charge is 0.399 e. The summed E-state index contributed by atoms with van der Waals surface area (Å²) >= 11 is 0. The van der Waals surface area contributed by atoms with Crippen LogP contribution in [-0.2, 0) is 16.0 Å². The third-order valence-corrected chi connectivity index (χ3v) is 3.30. The summed E-state index contributed by atoms with van der Waals surface area (Å²) in [6, 6.07) is 7.45. The van der Waals surface area contributed by atoms with Gasteiger partial charge < -0.3 is 5.73 Å². The van der Waals surface area contributed by atoms with Crippen LogP contribution in [0.15, 0.2) is 35.4 Å². The number of amides is 2. The van der Waals surface area contributed by atoms with Crippen molar-refractivity contribution >= 4 is 17.5 Å².